The van der Waals surface area contributed by atoms with Crippen LogP contribution in [0.15, 0.2) is 0 Å². The molecule has 0 aliphatic rings. The lowest BCUT2D eigenvalue weighted by atomic mass is 9.93. The zero-order valence-electron chi connectivity index (χ0n) is 8.47. The normalized spacial score (nSPS) is 10.5. The molecule has 0 fully saturated rings. The molecule has 0 aliphatic heterocycles. The van der Waals surface area contributed by atoms with Crippen molar-refractivity contribution in [2.45, 2.75) is 0 Å². The van der Waals surface area contributed by atoms with Gasteiger partial charge >= 0.3 is 14.6 Å². The molecular weight excluding hydrogens is 226 g/mol. The van der Waals surface area contributed by atoms with E-state index < -0.39 is 46.5 Å². The van der Waals surface area contributed by atoms with Crippen molar-refractivity contribution in [3.63, 3.8) is 0 Å². The van der Waals surface area contributed by atoms with E-state index in [9.17, 15) is 0 Å². The van der Waals surface area contributed by atoms with Crippen LogP contribution in [0.5, 0.6) is 0 Å². The molecule has 0 radical (unpaired) electrons. The first kappa shape index (κ1) is 18.1. The number of aliphatic hydroxyl groups excluding tert-OH is 4. The largest absolute Gasteiger partial charge is 0.621 e. The van der Waals surface area contributed by atoms with Gasteiger partial charge in [-0.1, -0.05) is 0 Å². The minimum absolute atomic E-state index is 0.406. The van der Waals surface area contributed by atoms with Crippen LogP contribution in [0.1, 0.15) is 0 Å². The molecule has 16 heavy (non-hydrogen) atoms. The summed E-state index contributed by atoms with van der Waals surface area (Å²) >= 11 is 0. The van der Waals surface area contributed by atoms with Gasteiger partial charge in [-0.05, 0) is 0 Å². The fraction of sp³-hybridized carbons (Fsp3) is 1.00. The highest BCUT2D eigenvalue weighted by Crippen LogP contribution is 2.11. The molecule has 96 valence electrons. The molecule has 0 unspecified atom stereocenters. The van der Waals surface area contributed by atoms with Crippen LogP contribution in [0.2, 0.25) is 0 Å². The average Bonchev–Trinajstić information content (AvgIpc) is 2.21. The summed E-state index contributed by atoms with van der Waals surface area (Å²) in [4.78, 5) is 0. The van der Waals surface area contributed by atoms with Crippen LogP contribution >= 0.6 is 0 Å². The summed E-state index contributed by atoms with van der Waals surface area (Å²) in [5, 5.41) is 64.9. The lowest BCUT2D eigenvalue weighted by Gasteiger charge is -2.23. The molecular formula is C5H16B2O9. The molecule has 8 N–H and O–H groups in total. The zero-order chi connectivity index (χ0) is 13.2. The molecule has 0 bridgehead atoms. The number of rotatable bonds is 6. The van der Waals surface area contributed by atoms with Crippen molar-refractivity contribution >= 4 is 14.6 Å². The third-order valence-electron chi connectivity index (χ3n) is 1.59. The summed E-state index contributed by atoms with van der Waals surface area (Å²) in [6, 6.07) is 0. The van der Waals surface area contributed by atoms with E-state index >= 15 is 0 Å². The second kappa shape index (κ2) is 9.96. The second-order valence-corrected chi connectivity index (χ2v) is 2.92. The maximum atomic E-state index is 8.50. The summed E-state index contributed by atoms with van der Waals surface area (Å²) < 4.78 is 3.47. The highest BCUT2D eigenvalue weighted by atomic mass is 16.7. The van der Waals surface area contributed by atoms with Gasteiger partial charge in [-0.15, -0.1) is 0 Å². The Bertz CT molecular complexity index is 127. The third kappa shape index (κ3) is 9.03. The molecule has 0 rings (SSSR count). The van der Waals surface area contributed by atoms with Crippen LogP contribution in [-0.4, -0.2) is 81.6 Å². The van der Waals surface area contributed by atoms with E-state index in [0.717, 1.165) is 0 Å². The third-order valence-corrected chi connectivity index (χ3v) is 1.59. The van der Waals surface area contributed by atoms with Crippen molar-refractivity contribution in [3.8, 4) is 0 Å². The standard InChI is InChI=1S/C5H12O4.B2H4O5/c6-1-5(2-7,3-8)4-9;3-1(4)7-2(5)6/h6-9H,1-4H2;3-6H. The predicted molar refractivity (Wildman–Crippen MR) is 52.2 cm³/mol. The number of aliphatic hydroxyl groups is 4. The SMILES string of the molecule is OB(O)OB(O)O.OCC(CO)(CO)CO. The molecule has 0 heterocycles. The molecule has 0 atom stereocenters. The van der Waals surface area contributed by atoms with Gasteiger partial charge in [-0.2, -0.15) is 0 Å². The highest BCUT2D eigenvalue weighted by Gasteiger charge is 2.26. The van der Waals surface area contributed by atoms with Gasteiger partial charge in [0.25, 0.3) is 0 Å². The van der Waals surface area contributed by atoms with Gasteiger partial charge in [0.05, 0.1) is 31.8 Å². The van der Waals surface area contributed by atoms with Crippen LogP contribution in [-0.2, 0) is 4.57 Å². The van der Waals surface area contributed by atoms with Gasteiger partial charge in [-0.3, -0.25) is 0 Å². The fourth-order valence-corrected chi connectivity index (χ4v) is 0.409. The monoisotopic (exact) mass is 242 g/mol. The average molecular weight is 242 g/mol. The zero-order valence-corrected chi connectivity index (χ0v) is 8.47. The Morgan fingerprint density at radius 1 is 0.688 bits per heavy atom. The molecule has 0 aromatic rings. The molecule has 0 spiro atoms. The van der Waals surface area contributed by atoms with Crippen LogP contribution in [0.4, 0.5) is 0 Å². The van der Waals surface area contributed by atoms with Crippen LogP contribution in [0.25, 0.3) is 0 Å². The topological polar surface area (TPSA) is 171 Å². The molecule has 0 aliphatic carbocycles. The van der Waals surface area contributed by atoms with E-state index in [2.05, 4.69) is 4.57 Å². The summed E-state index contributed by atoms with van der Waals surface area (Å²) in [7, 11) is -4.25. The summed E-state index contributed by atoms with van der Waals surface area (Å²) in [6.07, 6.45) is 0. The van der Waals surface area contributed by atoms with Crippen molar-refractivity contribution in [2.24, 2.45) is 5.41 Å². The van der Waals surface area contributed by atoms with Crippen molar-refractivity contribution in [2.75, 3.05) is 26.4 Å². The maximum absolute atomic E-state index is 8.50. The Kier molecular flexibility index (Phi) is 11.3. The molecule has 9 nitrogen and oxygen atoms in total. The Hall–Kier alpha value is -0.230. The highest BCUT2D eigenvalue weighted by molar-refractivity contribution is 6.48. The summed E-state index contributed by atoms with van der Waals surface area (Å²) in [6.45, 7) is -1.62. The van der Waals surface area contributed by atoms with Gasteiger partial charge in [0.2, 0.25) is 0 Å². The van der Waals surface area contributed by atoms with Gasteiger partial charge in [0.15, 0.2) is 0 Å². The number of hydrogen-bond donors (Lipinski definition) is 8. The summed E-state index contributed by atoms with van der Waals surface area (Å²) in [5.41, 5.74) is -1.11. The Morgan fingerprint density at radius 2 is 0.938 bits per heavy atom. The lowest BCUT2D eigenvalue weighted by molar-refractivity contribution is -0.0328. The van der Waals surface area contributed by atoms with Crippen molar-refractivity contribution in [1.29, 1.82) is 0 Å². The molecule has 0 aromatic carbocycles. The van der Waals surface area contributed by atoms with E-state index in [1.807, 2.05) is 0 Å². The predicted octanol–water partition coefficient (Wildman–Crippen LogP) is -5.12. The van der Waals surface area contributed by atoms with E-state index in [-0.39, 0.29) is 0 Å². The molecule has 0 amide bonds. The van der Waals surface area contributed by atoms with E-state index in [1.165, 1.54) is 0 Å². The first-order chi connectivity index (χ1) is 7.37. The van der Waals surface area contributed by atoms with Crippen molar-refractivity contribution < 1.29 is 45.1 Å². The van der Waals surface area contributed by atoms with Crippen molar-refractivity contribution in [3.05, 3.63) is 0 Å². The van der Waals surface area contributed by atoms with E-state index in [0.29, 0.717) is 0 Å². The Labute approximate surface area is 92.5 Å². The van der Waals surface area contributed by atoms with E-state index in [1.54, 1.807) is 0 Å². The first-order valence-electron chi connectivity index (χ1n) is 4.18. The summed E-state index contributed by atoms with van der Waals surface area (Å²) in [5.74, 6) is 0. The minimum Gasteiger partial charge on any atom is -0.402 e. The second-order valence-electron chi connectivity index (χ2n) is 2.92. The van der Waals surface area contributed by atoms with Crippen LogP contribution in [0.3, 0.4) is 0 Å². The molecule has 11 heteroatoms. The molecule has 0 saturated carbocycles. The van der Waals surface area contributed by atoms with E-state index in [4.69, 9.17) is 40.5 Å². The van der Waals surface area contributed by atoms with Crippen LogP contribution in [0, 0.1) is 5.41 Å². The van der Waals surface area contributed by atoms with Gasteiger partial charge in [0, 0.05) is 0 Å². The molecule has 0 saturated heterocycles. The number of hydrogen-bond acceptors (Lipinski definition) is 9. The van der Waals surface area contributed by atoms with Gasteiger partial charge in [-0.25, -0.2) is 0 Å². The molecule has 0 aromatic heterocycles. The van der Waals surface area contributed by atoms with Crippen LogP contribution < -0.4 is 0 Å². The Balaban J connectivity index is 0. The Morgan fingerprint density at radius 3 is 0.938 bits per heavy atom. The van der Waals surface area contributed by atoms with Gasteiger partial charge in [0.1, 0.15) is 0 Å². The smallest absolute Gasteiger partial charge is 0.402 e. The first-order valence-corrected chi connectivity index (χ1v) is 4.18. The quantitative estimate of drug-likeness (QED) is 0.212. The van der Waals surface area contributed by atoms with Crippen molar-refractivity contribution in [1.82, 2.24) is 0 Å². The fourth-order valence-electron chi connectivity index (χ4n) is 0.409. The van der Waals surface area contributed by atoms with Gasteiger partial charge < -0.3 is 45.1 Å². The maximum Gasteiger partial charge on any atom is 0.621 e. The lowest BCUT2D eigenvalue weighted by Crippen LogP contribution is -2.37. The minimum atomic E-state index is -2.13.